The number of halogens is 1. The summed E-state index contributed by atoms with van der Waals surface area (Å²) in [5, 5.41) is 3.14. The maximum Gasteiger partial charge on any atom is 0.0484 e. The van der Waals surface area contributed by atoms with Gasteiger partial charge in [-0.1, -0.05) is 54.8 Å². The van der Waals surface area contributed by atoms with E-state index in [1.54, 1.807) is 0 Å². The van der Waals surface area contributed by atoms with Crippen LogP contribution in [0, 0.1) is 5.92 Å². The van der Waals surface area contributed by atoms with Gasteiger partial charge in [0.15, 0.2) is 0 Å². The van der Waals surface area contributed by atoms with Crippen molar-refractivity contribution in [1.29, 1.82) is 0 Å². The molecule has 1 atom stereocenters. The van der Waals surface area contributed by atoms with Gasteiger partial charge in [-0.3, -0.25) is 0 Å². The number of nitrogens with two attached hydrogens (primary N) is 1. The van der Waals surface area contributed by atoms with E-state index in [1.807, 2.05) is 12.1 Å². The van der Waals surface area contributed by atoms with E-state index in [9.17, 15) is 0 Å². The van der Waals surface area contributed by atoms with Crippen molar-refractivity contribution in [3.05, 3.63) is 47.0 Å². The molecule has 0 aliphatic heterocycles. The third-order valence-corrected chi connectivity index (χ3v) is 4.50. The summed E-state index contributed by atoms with van der Waals surface area (Å²) in [4.78, 5) is 0. The maximum atomic E-state index is 6.47. The van der Waals surface area contributed by atoms with Crippen molar-refractivity contribution in [3.8, 4) is 0 Å². The minimum absolute atomic E-state index is 0.148. The molecular formula is C16H18ClN. The van der Waals surface area contributed by atoms with Crippen molar-refractivity contribution < 1.29 is 0 Å². The summed E-state index contributed by atoms with van der Waals surface area (Å²) in [6, 6.07) is 12.5. The average molecular weight is 260 g/mol. The van der Waals surface area contributed by atoms with Crippen molar-refractivity contribution in [2.75, 3.05) is 0 Å². The fourth-order valence-corrected chi connectivity index (χ4v) is 3.37. The Morgan fingerprint density at radius 1 is 1.00 bits per heavy atom. The average Bonchev–Trinajstić information content (AvgIpc) is 2.93. The van der Waals surface area contributed by atoms with Gasteiger partial charge < -0.3 is 5.73 Å². The molecule has 0 radical (unpaired) electrons. The van der Waals surface area contributed by atoms with Gasteiger partial charge in [-0.05, 0) is 35.8 Å². The maximum absolute atomic E-state index is 6.47. The molecule has 1 unspecified atom stereocenters. The van der Waals surface area contributed by atoms with Crippen LogP contribution in [-0.2, 0) is 0 Å². The zero-order valence-electron chi connectivity index (χ0n) is 10.4. The zero-order chi connectivity index (χ0) is 12.5. The predicted molar refractivity (Wildman–Crippen MR) is 77.8 cm³/mol. The van der Waals surface area contributed by atoms with Crippen LogP contribution in [0.1, 0.15) is 37.3 Å². The predicted octanol–water partition coefficient (Wildman–Crippen LogP) is 4.68. The molecule has 1 nitrogen and oxygen atoms in total. The van der Waals surface area contributed by atoms with Gasteiger partial charge in [-0.15, -0.1) is 0 Å². The molecule has 2 aromatic carbocycles. The molecule has 0 amide bonds. The van der Waals surface area contributed by atoms with Crippen molar-refractivity contribution in [2.24, 2.45) is 11.7 Å². The Labute approximate surface area is 113 Å². The quantitative estimate of drug-likeness (QED) is 0.832. The Hall–Kier alpha value is -1.05. The van der Waals surface area contributed by atoms with Gasteiger partial charge in [0.25, 0.3) is 0 Å². The highest BCUT2D eigenvalue weighted by molar-refractivity contribution is 6.35. The van der Waals surface area contributed by atoms with E-state index in [4.69, 9.17) is 17.3 Å². The molecule has 1 saturated carbocycles. The Morgan fingerprint density at radius 3 is 2.39 bits per heavy atom. The molecule has 18 heavy (non-hydrogen) atoms. The molecule has 0 heterocycles. The monoisotopic (exact) mass is 259 g/mol. The fourth-order valence-electron chi connectivity index (χ4n) is 3.15. The largest absolute Gasteiger partial charge is 0.324 e. The Balaban J connectivity index is 2.08. The van der Waals surface area contributed by atoms with Crippen LogP contribution >= 0.6 is 11.6 Å². The summed E-state index contributed by atoms with van der Waals surface area (Å²) < 4.78 is 0. The normalized spacial score (nSPS) is 18.3. The second kappa shape index (κ2) is 4.91. The van der Waals surface area contributed by atoms with Crippen molar-refractivity contribution >= 4 is 22.4 Å². The molecule has 1 aliphatic rings. The summed E-state index contributed by atoms with van der Waals surface area (Å²) in [6.45, 7) is 0. The number of hydrogen-bond donors (Lipinski definition) is 1. The standard InChI is InChI=1S/C16H18ClN/c17-15-10-9-14(12-7-3-4-8-13(12)15)16(18)11-5-1-2-6-11/h3-4,7-11,16H,1-2,5-6,18H2. The van der Waals surface area contributed by atoms with Crippen LogP contribution in [0.4, 0.5) is 0 Å². The first-order valence-corrected chi connectivity index (χ1v) is 7.08. The molecule has 1 aliphatic carbocycles. The van der Waals surface area contributed by atoms with Crippen LogP contribution < -0.4 is 5.73 Å². The lowest BCUT2D eigenvalue weighted by molar-refractivity contribution is 0.447. The molecule has 2 N–H and O–H groups in total. The molecule has 94 valence electrons. The van der Waals surface area contributed by atoms with E-state index in [2.05, 4.69) is 24.3 Å². The first-order valence-electron chi connectivity index (χ1n) is 6.70. The van der Waals surface area contributed by atoms with E-state index in [0.29, 0.717) is 5.92 Å². The van der Waals surface area contributed by atoms with Crippen LogP contribution in [0.15, 0.2) is 36.4 Å². The van der Waals surface area contributed by atoms with E-state index < -0.39 is 0 Å². The molecule has 0 aromatic heterocycles. The summed E-state index contributed by atoms with van der Waals surface area (Å²) in [6.07, 6.45) is 5.17. The molecule has 2 aromatic rings. The summed E-state index contributed by atoms with van der Waals surface area (Å²) in [7, 11) is 0. The second-order valence-corrected chi connectivity index (χ2v) is 5.66. The zero-order valence-corrected chi connectivity index (χ0v) is 11.2. The van der Waals surface area contributed by atoms with Crippen molar-refractivity contribution in [1.82, 2.24) is 0 Å². The first-order chi connectivity index (χ1) is 8.77. The molecule has 0 saturated heterocycles. The highest BCUT2D eigenvalue weighted by Gasteiger charge is 2.24. The Morgan fingerprint density at radius 2 is 1.67 bits per heavy atom. The minimum atomic E-state index is 0.148. The van der Waals surface area contributed by atoms with Gasteiger partial charge in [0, 0.05) is 16.5 Å². The number of benzene rings is 2. The topological polar surface area (TPSA) is 26.0 Å². The van der Waals surface area contributed by atoms with Gasteiger partial charge in [0.05, 0.1) is 0 Å². The summed E-state index contributed by atoms with van der Waals surface area (Å²) in [5.74, 6) is 0.634. The van der Waals surface area contributed by atoms with Gasteiger partial charge in [-0.25, -0.2) is 0 Å². The van der Waals surface area contributed by atoms with Gasteiger partial charge in [-0.2, -0.15) is 0 Å². The molecule has 3 rings (SSSR count). The lowest BCUT2D eigenvalue weighted by atomic mass is 9.89. The van der Waals surface area contributed by atoms with E-state index in [1.165, 1.54) is 36.6 Å². The lowest BCUT2D eigenvalue weighted by Crippen LogP contribution is -2.19. The smallest absolute Gasteiger partial charge is 0.0484 e. The SMILES string of the molecule is NC(c1ccc(Cl)c2ccccc12)C1CCCC1. The van der Waals surface area contributed by atoms with Gasteiger partial charge >= 0.3 is 0 Å². The first kappa shape index (κ1) is 12.0. The van der Waals surface area contributed by atoms with Crippen molar-refractivity contribution in [3.63, 3.8) is 0 Å². The van der Waals surface area contributed by atoms with Crippen molar-refractivity contribution in [2.45, 2.75) is 31.7 Å². The highest BCUT2D eigenvalue weighted by atomic mass is 35.5. The van der Waals surface area contributed by atoms with Crippen LogP contribution in [0.2, 0.25) is 5.02 Å². The van der Waals surface area contributed by atoms with Crippen LogP contribution in [0.3, 0.4) is 0 Å². The Bertz CT molecular complexity index is 558. The Kier molecular flexibility index (Phi) is 3.27. The van der Waals surface area contributed by atoms with E-state index >= 15 is 0 Å². The minimum Gasteiger partial charge on any atom is -0.324 e. The molecular weight excluding hydrogens is 242 g/mol. The van der Waals surface area contributed by atoms with E-state index in [0.717, 1.165) is 10.4 Å². The highest BCUT2D eigenvalue weighted by Crippen LogP contribution is 2.38. The van der Waals surface area contributed by atoms with Crippen LogP contribution in [0.25, 0.3) is 10.8 Å². The molecule has 1 fully saturated rings. The summed E-state index contributed by atoms with van der Waals surface area (Å²) >= 11 is 6.25. The third kappa shape index (κ3) is 2.02. The van der Waals surface area contributed by atoms with E-state index in [-0.39, 0.29) is 6.04 Å². The van der Waals surface area contributed by atoms with Crippen LogP contribution in [0.5, 0.6) is 0 Å². The number of rotatable bonds is 2. The third-order valence-electron chi connectivity index (χ3n) is 4.17. The summed E-state index contributed by atoms with van der Waals surface area (Å²) in [5.41, 5.74) is 7.73. The molecule has 0 bridgehead atoms. The number of fused-ring (bicyclic) bond motifs is 1. The lowest BCUT2D eigenvalue weighted by Gasteiger charge is -2.21. The van der Waals surface area contributed by atoms with Gasteiger partial charge in [0.1, 0.15) is 0 Å². The molecule has 0 spiro atoms. The van der Waals surface area contributed by atoms with Gasteiger partial charge in [0.2, 0.25) is 0 Å². The molecule has 2 heteroatoms. The second-order valence-electron chi connectivity index (χ2n) is 5.25. The number of hydrogen-bond acceptors (Lipinski definition) is 1. The fraction of sp³-hybridized carbons (Fsp3) is 0.375. The van der Waals surface area contributed by atoms with Crippen LogP contribution in [-0.4, -0.2) is 0 Å².